The molecular weight excluding hydrogens is 406 g/mol. The molecular formula is C21H19N3O5S. The highest BCUT2D eigenvalue weighted by Gasteiger charge is 2.36. The van der Waals surface area contributed by atoms with Crippen molar-refractivity contribution in [3.8, 4) is 0 Å². The molecule has 30 heavy (non-hydrogen) atoms. The summed E-state index contributed by atoms with van der Waals surface area (Å²) in [6, 6.07) is 13.0. The molecule has 0 aromatic heterocycles. The zero-order chi connectivity index (χ0) is 21.8. The first-order valence-electron chi connectivity index (χ1n) is 9.14. The summed E-state index contributed by atoms with van der Waals surface area (Å²) < 4.78 is 0. The van der Waals surface area contributed by atoms with Crippen molar-refractivity contribution in [2.24, 2.45) is 0 Å². The average molecular weight is 425 g/mol. The molecule has 154 valence electrons. The van der Waals surface area contributed by atoms with Crippen molar-refractivity contribution >= 4 is 46.3 Å². The van der Waals surface area contributed by atoms with Crippen LogP contribution in [-0.2, 0) is 9.59 Å². The Morgan fingerprint density at radius 3 is 2.33 bits per heavy atom. The van der Waals surface area contributed by atoms with Crippen molar-refractivity contribution in [3.05, 3.63) is 74.7 Å². The molecule has 1 heterocycles. The predicted molar refractivity (Wildman–Crippen MR) is 115 cm³/mol. The molecule has 0 saturated carbocycles. The van der Waals surface area contributed by atoms with Gasteiger partial charge in [0.25, 0.3) is 16.8 Å². The molecule has 0 bridgehead atoms. The minimum absolute atomic E-state index is 0.0710. The summed E-state index contributed by atoms with van der Waals surface area (Å²) in [5, 5.41) is 12.9. The number of rotatable bonds is 6. The summed E-state index contributed by atoms with van der Waals surface area (Å²) in [6.07, 6.45) is 1.47. The molecule has 0 unspecified atom stereocenters. The lowest BCUT2D eigenvalue weighted by molar-refractivity contribution is -0.384. The number of nitrogens with one attached hydrogen (secondary N) is 1. The van der Waals surface area contributed by atoms with Crippen LogP contribution in [0.2, 0.25) is 0 Å². The fourth-order valence-corrected chi connectivity index (χ4v) is 3.61. The molecule has 1 N–H and O–H groups in total. The topological polar surface area (TPSA) is 110 Å². The number of imide groups is 1. The maximum Gasteiger partial charge on any atom is 0.294 e. The maximum absolute atomic E-state index is 12.5. The summed E-state index contributed by atoms with van der Waals surface area (Å²) in [4.78, 5) is 48.2. The Hall–Kier alpha value is -3.46. The van der Waals surface area contributed by atoms with Crippen molar-refractivity contribution in [1.82, 2.24) is 4.90 Å². The minimum atomic E-state index is -0.575. The van der Waals surface area contributed by atoms with Crippen molar-refractivity contribution in [3.63, 3.8) is 0 Å². The van der Waals surface area contributed by atoms with Gasteiger partial charge in [-0.2, -0.15) is 0 Å². The molecule has 1 fully saturated rings. The van der Waals surface area contributed by atoms with E-state index in [0.29, 0.717) is 17.2 Å². The van der Waals surface area contributed by atoms with Crippen molar-refractivity contribution < 1.29 is 19.3 Å². The molecule has 1 aliphatic rings. The van der Waals surface area contributed by atoms with Gasteiger partial charge in [0.2, 0.25) is 5.91 Å². The maximum atomic E-state index is 12.5. The number of nitrogens with zero attached hydrogens (tertiary/aromatic N) is 2. The van der Waals surface area contributed by atoms with Crippen molar-refractivity contribution in [1.29, 1.82) is 0 Å². The molecule has 8 nitrogen and oxygen atoms in total. The average Bonchev–Trinajstić information content (AvgIpc) is 2.96. The van der Waals surface area contributed by atoms with Crippen molar-refractivity contribution in [2.45, 2.75) is 19.8 Å². The quantitative estimate of drug-likeness (QED) is 0.417. The van der Waals surface area contributed by atoms with Gasteiger partial charge in [-0.25, -0.2) is 0 Å². The van der Waals surface area contributed by atoms with Gasteiger partial charge in [-0.1, -0.05) is 26.0 Å². The Morgan fingerprint density at radius 1 is 1.13 bits per heavy atom. The summed E-state index contributed by atoms with van der Waals surface area (Å²) >= 11 is 0.725. The second kappa shape index (κ2) is 8.91. The van der Waals surface area contributed by atoms with Crippen LogP contribution in [0.5, 0.6) is 0 Å². The highest BCUT2D eigenvalue weighted by Crippen LogP contribution is 2.32. The smallest absolute Gasteiger partial charge is 0.294 e. The van der Waals surface area contributed by atoms with E-state index in [1.807, 2.05) is 12.1 Å². The molecule has 2 aromatic rings. The Morgan fingerprint density at radius 2 is 1.77 bits per heavy atom. The number of hydrogen-bond donors (Lipinski definition) is 1. The Balaban J connectivity index is 1.65. The number of nitro groups is 1. The van der Waals surface area contributed by atoms with E-state index in [1.54, 1.807) is 12.1 Å². The Bertz CT molecular complexity index is 1030. The summed E-state index contributed by atoms with van der Waals surface area (Å²) in [5.41, 5.74) is 2.19. The molecule has 3 rings (SSSR count). The Labute approximate surface area is 177 Å². The van der Waals surface area contributed by atoms with Gasteiger partial charge < -0.3 is 5.32 Å². The number of amides is 3. The monoisotopic (exact) mass is 425 g/mol. The number of nitro benzene ring substituents is 1. The Kier molecular flexibility index (Phi) is 6.31. The van der Waals surface area contributed by atoms with Gasteiger partial charge in [0.05, 0.1) is 9.83 Å². The van der Waals surface area contributed by atoms with Crippen LogP contribution >= 0.6 is 11.8 Å². The molecule has 0 aliphatic carbocycles. The number of non-ortho nitro benzene ring substituents is 1. The number of anilines is 1. The third-order valence-corrected chi connectivity index (χ3v) is 5.35. The fourth-order valence-electron chi connectivity index (χ4n) is 2.78. The lowest BCUT2D eigenvalue weighted by atomic mass is 10.0. The highest BCUT2D eigenvalue weighted by molar-refractivity contribution is 8.18. The number of carbonyl (C=O) groups excluding carboxylic acids is 3. The molecule has 1 aliphatic heterocycles. The zero-order valence-corrected chi connectivity index (χ0v) is 17.1. The lowest BCUT2D eigenvalue weighted by Gasteiger charge is -2.13. The van der Waals surface area contributed by atoms with E-state index in [9.17, 15) is 24.5 Å². The zero-order valence-electron chi connectivity index (χ0n) is 16.3. The van der Waals surface area contributed by atoms with Gasteiger partial charge in [0.1, 0.15) is 6.54 Å². The first kappa shape index (κ1) is 21.3. The van der Waals surface area contributed by atoms with Crippen LogP contribution in [0.15, 0.2) is 53.4 Å². The van der Waals surface area contributed by atoms with Crippen LogP contribution in [-0.4, -0.2) is 33.4 Å². The van der Waals surface area contributed by atoms with E-state index in [1.165, 1.54) is 30.3 Å². The summed E-state index contributed by atoms with van der Waals surface area (Å²) in [6.45, 7) is 3.74. The molecule has 2 aromatic carbocycles. The van der Waals surface area contributed by atoms with Crippen LogP contribution in [0.3, 0.4) is 0 Å². The highest BCUT2D eigenvalue weighted by atomic mass is 32.2. The summed E-state index contributed by atoms with van der Waals surface area (Å²) in [5.74, 6) is -0.688. The van der Waals surface area contributed by atoms with Crippen LogP contribution in [0.1, 0.15) is 30.9 Å². The molecule has 0 radical (unpaired) electrons. The fraction of sp³-hybridized carbons (Fsp3) is 0.190. The first-order valence-corrected chi connectivity index (χ1v) is 9.96. The van der Waals surface area contributed by atoms with Gasteiger partial charge in [-0.15, -0.1) is 0 Å². The first-order chi connectivity index (χ1) is 14.2. The van der Waals surface area contributed by atoms with Gasteiger partial charge >= 0.3 is 0 Å². The number of hydrogen-bond acceptors (Lipinski definition) is 6. The van der Waals surface area contributed by atoms with Gasteiger partial charge in [0, 0.05) is 17.8 Å². The van der Waals surface area contributed by atoms with Crippen molar-refractivity contribution in [2.75, 3.05) is 11.9 Å². The van der Waals surface area contributed by atoms with E-state index in [4.69, 9.17) is 0 Å². The van der Waals surface area contributed by atoms with E-state index < -0.39 is 28.5 Å². The number of benzene rings is 2. The molecule has 0 atom stereocenters. The standard InChI is InChI=1S/C21H19N3O5S/c1-13(2)15-5-7-16(8-6-15)22-19(25)12-23-20(26)18(30-21(23)27)11-14-3-9-17(10-4-14)24(28)29/h3-11,13H,12H2,1-2H3,(H,22,25)/b18-11+. The van der Waals surface area contributed by atoms with Crippen LogP contribution in [0.4, 0.5) is 16.2 Å². The second-order valence-corrected chi connectivity index (χ2v) is 7.93. The van der Waals surface area contributed by atoms with Gasteiger partial charge in [0.15, 0.2) is 0 Å². The van der Waals surface area contributed by atoms with E-state index in [2.05, 4.69) is 19.2 Å². The number of carbonyl (C=O) groups is 3. The molecule has 9 heteroatoms. The van der Waals surface area contributed by atoms with Gasteiger partial charge in [-0.05, 0) is 59.1 Å². The van der Waals surface area contributed by atoms with E-state index in [0.717, 1.165) is 22.2 Å². The van der Waals surface area contributed by atoms with Crippen LogP contribution in [0, 0.1) is 10.1 Å². The molecule has 0 spiro atoms. The predicted octanol–water partition coefficient (Wildman–Crippen LogP) is 4.39. The molecule has 3 amide bonds. The SMILES string of the molecule is CC(C)c1ccc(NC(=O)CN2C(=O)S/C(=C/c3ccc([N+](=O)[O-])cc3)C2=O)cc1. The largest absolute Gasteiger partial charge is 0.325 e. The molecule has 1 saturated heterocycles. The van der Waals surface area contributed by atoms with Crippen LogP contribution < -0.4 is 5.32 Å². The van der Waals surface area contributed by atoms with Crippen LogP contribution in [0.25, 0.3) is 6.08 Å². The second-order valence-electron chi connectivity index (χ2n) is 6.94. The van der Waals surface area contributed by atoms with Gasteiger partial charge in [-0.3, -0.25) is 29.4 Å². The van der Waals surface area contributed by atoms with E-state index >= 15 is 0 Å². The number of thioether (sulfide) groups is 1. The third kappa shape index (κ3) is 4.93. The minimum Gasteiger partial charge on any atom is -0.325 e. The van der Waals surface area contributed by atoms with E-state index in [-0.39, 0.29) is 10.6 Å². The third-order valence-electron chi connectivity index (χ3n) is 4.44. The summed E-state index contributed by atoms with van der Waals surface area (Å²) in [7, 11) is 0. The normalized spacial score (nSPS) is 15.2. The lowest BCUT2D eigenvalue weighted by Crippen LogP contribution is -2.36.